The highest BCUT2D eigenvalue weighted by molar-refractivity contribution is 5.76. The van der Waals surface area contributed by atoms with Crippen molar-refractivity contribution in [1.82, 2.24) is 10.6 Å². The van der Waals surface area contributed by atoms with E-state index >= 15 is 0 Å². The number of amides is 1. The number of hydrogen-bond donors (Lipinski definition) is 2. The smallest absolute Gasteiger partial charge is 0.220 e. The molecule has 1 saturated carbocycles. The van der Waals surface area contributed by atoms with E-state index < -0.39 is 0 Å². The van der Waals surface area contributed by atoms with Crippen LogP contribution in [0, 0.1) is 17.8 Å². The largest absolute Gasteiger partial charge is 0.353 e. The quantitative estimate of drug-likeness (QED) is 0.821. The SMILES string of the molecule is CC1CCC(NC(=O)CCC2CCCNC2)CC1C. The zero-order valence-corrected chi connectivity index (χ0v) is 12.6. The molecule has 4 atom stereocenters. The summed E-state index contributed by atoms with van der Waals surface area (Å²) in [5, 5.41) is 6.67. The van der Waals surface area contributed by atoms with Gasteiger partial charge in [0, 0.05) is 12.5 Å². The Kier molecular flexibility index (Phi) is 5.68. The molecule has 19 heavy (non-hydrogen) atoms. The molecule has 2 fully saturated rings. The molecular weight excluding hydrogens is 236 g/mol. The Morgan fingerprint density at radius 1 is 1.21 bits per heavy atom. The third kappa shape index (κ3) is 4.79. The third-order valence-corrected chi connectivity index (χ3v) is 5.14. The molecule has 1 aliphatic carbocycles. The van der Waals surface area contributed by atoms with Crippen molar-refractivity contribution in [2.75, 3.05) is 13.1 Å². The minimum absolute atomic E-state index is 0.275. The van der Waals surface area contributed by atoms with Gasteiger partial charge in [0.25, 0.3) is 0 Å². The predicted molar refractivity (Wildman–Crippen MR) is 78.9 cm³/mol. The van der Waals surface area contributed by atoms with Crippen molar-refractivity contribution >= 4 is 5.91 Å². The van der Waals surface area contributed by atoms with Crippen LogP contribution in [-0.2, 0) is 4.79 Å². The summed E-state index contributed by atoms with van der Waals surface area (Å²) >= 11 is 0. The van der Waals surface area contributed by atoms with Crippen LogP contribution >= 0.6 is 0 Å². The summed E-state index contributed by atoms with van der Waals surface area (Å²) in [6.07, 6.45) is 7.92. The first kappa shape index (κ1) is 14.8. The highest BCUT2D eigenvalue weighted by Gasteiger charge is 2.25. The maximum Gasteiger partial charge on any atom is 0.220 e. The van der Waals surface area contributed by atoms with Gasteiger partial charge in [0.15, 0.2) is 0 Å². The fourth-order valence-electron chi connectivity index (χ4n) is 3.48. The fourth-order valence-corrected chi connectivity index (χ4v) is 3.48. The van der Waals surface area contributed by atoms with Crippen LogP contribution in [0.3, 0.4) is 0 Å². The van der Waals surface area contributed by atoms with Gasteiger partial charge in [0.1, 0.15) is 0 Å². The van der Waals surface area contributed by atoms with E-state index in [0.29, 0.717) is 18.4 Å². The van der Waals surface area contributed by atoms with E-state index in [2.05, 4.69) is 24.5 Å². The lowest BCUT2D eigenvalue weighted by molar-refractivity contribution is -0.122. The molecule has 0 aromatic rings. The summed E-state index contributed by atoms with van der Waals surface area (Å²) < 4.78 is 0. The van der Waals surface area contributed by atoms with Gasteiger partial charge in [-0.25, -0.2) is 0 Å². The van der Waals surface area contributed by atoms with Gasteiger partial charge >= 0.3 is 0 Å². The van der Waals surface area contributed by atoms with E-state index in [1.54, 1.807) is 0 Å². The van der Waals surface area contributed by atoms with Crippen LogP contribution in [0.1, 0.15) is 58.8 Å². The topological polar surface area (TPSA) is 41.1 Å². The van der Waals surface area contributed by atoms with Crippen LogP contribution < -0.4 is 10.6 Å². The van der Waals surface area contributed by atoms with E-state index in [4.69, 9.17) is 0 Å². The van der Waals surface area contributed by atoms with Crippen molar-refractivity contribution in [3.05, 3.63) is 0 Å². The number of carbonyl (C=O) groups is 1. The van der Waals surface area contributed by atoms with Crippen LogP contribution in [0.4, 0.5) is 0 Å². The van der Waals surface area contributed by atoms with E-state index in [1.165, 1.54) is 25.7 Å². The standard InChI is InChI=1S/C16H30N2O/c1-12-5-7-15(10-13(12)2)18-16(19)8-6-14-4-3-9-17-11-14/h12-15,17H,3-11H2,1-2H3,(H,18,19). The summed E-state index contributed by atoms with van der Waals surface area (Å²) in [6.45, 7) is 6.90. The Balaban J connectivity index is 1.63. The first-order valence-corrected chi connectivity index (χ1v) is 8.15. The van der Waals surface area contributed by atoms with Crippen molar-refractivity contribution in [2.45, 2.75) is 64.8 Å². The van der Waals surface area contributed by atoms with Gasteiger partial charge in [0.05, 0.1) is 0 Å². The van der Waals surface area contributed by atoms with Crippen molar-refractivity contribution in [3.63, 3.8) is 0 Å². The van der Waals surface area contributed by atoms with E-state index in [9.17, 15) is 4.79 Å². The molecule has 0 spiro atoms. The lowest BCUT2D eigenvalue weighted by Gasteiger charge is -2.32. The molecule has 3 nitrogen and oxygen atoms in total. The monoisotopic (exact) mass is 266 g/mol. The molecule has 4 unspecified atom stereocenters. The molecule has 110 valence electrons. The van der Waals surface area contributed by atoms with E-state index in [1.807, 2.05) is 0 Å². The lowest BCUT2D eigenvalue weighted by atomic mass is 9.79. The zero-order valence-electron chi connectivity index (χ0n) is 12.6. The molecule has 1 saturated heterocycles. The maximum atomic E-state index is 12.0. The Bertz CT molecular complexity index is 286. The summed E-state index contributed by atoms with van der Waals surface area (Å²) in [6, 6.07) is 0.434. The predicted octanol–water partition coefficient (Wildman–Crippen LogP) is 2.71. The first-order valence-electron chi connectivity index (χ1n) is 8.15. The van der Waals surface area contributed by atoms with Gasteiger partial charge in [-0.2, -0.15) is 0 Å². The lowest BCUT2D eigenvalue weighted by Crippen LogP contribution is -2.40. The van der Waals surface area contributed by atoms with Crippen LogP contribution in [0.5, 0.6) is 0 Å². The molecule has 0 aromatic heterocycles. The van der Waals surface area contributed by atoms with E-state index in [-0.39, 0.29) is 5.91 Å². The molecule has 2 N–H and O–H groups in total. The third-order valence-electron chi connectivity index (χ3n) is 5.14. The van der Waals surface area contributed by atoms with Crippen LogP contribution in [-0.4, -0.2) is 25.0 Å². The maximum absolute atomic E-state index is 12.0. The van der Waals surface area contributed by atoms with Gasteiger partial charge in [-0.15, -0.1) is 0 Å². The average molecular weight is 266 g/mol. The van der Waals surface area contributed by atoms with Crippen LogP contribution in [0.25, 0.3) is 0 Å². The van der Waals surface area contributed by atoms with Gasteiger partial charge in [0.2, 0.25) is 5.91 Å². The Morgan fingerprint density at radius 3 is 2.74 bits per heavy atom. The van der Waals surface area contributed by atoms with Crippen molar-refractivity contribution in [1.29, 1.82) is 0 Å². The molecule has 0 bridgehead atoms. The Morgan fingerprint density at radius 2 is 2.05 bits per heavy atom. The van der Waals surface area contributed by atoms with Gasteiger partial charge in [-0.3, -0.25) is 4.79 Å². The van der Waals surface area contributed by atoms with Crippen molar-refractivity contribution in [3.8, 4) is 0 Å². The molecule has 2 rings (SSSR count). The molecule has 3 heteroatoms. The minimum atomic E-state index is 0.275. The molecule has 2 aliphatic rings. The Hall–Kier alpha value is -0.570. The zero-order chi connectivity index (χ0) is 13.7. The summed E-state index contributed by atoms with van der Waals surface area (Å²) in [7, 11) is 0. The van der Waals surface area contributed by atoms with Crippen molar-refractivity contribution < 1.29 is 4.79 Å². The number of nitrogens with one attached hydrogen (secondary N) is 2. The minimum Gasteiger partial charge on any atom is -0.353 e. The van der Waals surface area contributed by atoms with Crippen molar-refractivity contribution in [2.24, 2.45) is 17.8 Å². The Labute approximate surface area is 117 Å². The number of carbonyl (C=O) groups excluding carboxylic acids is 1. The first-order chi connectivity index (χ1) is 9.15. The molecular formula is C16H30N2O. The summed E-state index contributed by atoms with van der Waals surface area (Å²) in [4.78, 5) is 12.0. The number of rotatable bonds is 4. The summed E-state index contributed by atoms with van der Waals surface area (Å²) in [5.74, 6) is 2.56. The van der Waals surface area contributed by atoms with Gasteiger partial charge < -0.3 is 10.6 Å². The number of piperidine rings is 1. The molecule has 0 radical (unpaired) electrons. The van der Waals surface area contributed by atoms with Crippen LogP contribution in [0.15, 0.2) is 0 Å². The van der Waals surface area contributed by atoms with E-state index in [0.717, 1.165) is 37.8 Å². The second-order valence-corrected chi connectivity index (χ2v) is 6.78. The molecule has 1 heterocycles. The normalized spacial score (nSPS) is 35.9. The van der Waals surface area contributed by atoms with Gasteiger partial charge in [-0.05, 0) is 69.4 Å². The molecule has 1 aliphatic heterocycles. The molecule has 1 amide bonds. The fraction of sp³-hybridized carbons (Fsp3) is 0.938. The highest BCUT2D eigenvalue weighted by Crippen LogP contribution is 2.29. The summed E-state index contributed by atoms with van der Waals surface area (Å²) in [5.41, 5.74) is 0. The second-order valence-electron chi connectivity index (χ2n) is 6.78. The highest BCUT2D eigenvalue weighted by atomic mass is 16.1. The average Bonchev–Trinajstić information content (AvgIpc) is 2.42. The van der Waals surface area contributed by atoms with Crippen LogP contribution in [0.2, 0.25) is 0 Å². The number of hydrogen-bond acceptors (Lipinski definition) is 2. The van der Waals surface area contributed by atoms with Gasteiger partial charge in [-0.1, -0.05) is 13.8 Å². The second kappa shape index (κ2) is 7.28. The molecule has 0 aromatic carbocycles.